The van der Waals surface area contributed by atoms with Crippen molar-refractivity contribution >= 4 is 0 Å². The molecular weight excluding hydrogens is 202 g/mol. The number of nitrogens with two attached hydrogens (primary N) is 1. The molecule has 0 aromatic carbocycles. The van der Waals surface area contributed by atoms with Gasteiger partial charge in [-0.15, -0.1) is 0 Å². The first-order valence-corrected chi connectivity index (χ1v) is 6.50. The van der Waals surface area contributed by atoms with Crippen LogP contribution in [-0.2, 0) is 9.47 Å². The standard InChI is InChI=1S/C13H27NO2/c1-13(2,3)16-10-9-15-12-8-6-4-5-7-11(12)14/h11-12H,4-10,14H2,1-3H3. The van der Waals surface area contributed by atoms with Crippen LogP contribution in [0.15, 0.2) is 0 Å². The molecule has 0 aromatic heterocycles. The summed E-state index contributed by atoms with van der Waals surface area (Å²) in [6.45, 7) is 7.50. The fourth-order valence-corrected chi connectivity index (χ4v) is 2.06. The molecule has 1 saturated carbocycles. The number of hydrogen-bond acceptors (Lipinski definition) is 3. The van der Waals surface area contributed by atoms with E-state index in [4.69, 9.17) is 15.2 Å². The first-order chi connectivity index (χ1) is 7.49. The van der Waals surface area contributed by atoms with Gasteiger partial charge in [0.25, 0.3) is 0 Å². The molecular formula is C13H27NO2. The van der Waals surface area contributed by atoms with Gasteiger partial charge in [0.15, 0.2) is 0 Å². The summed E-state index contributed by atoms with van der Waals surface area (Å²) in [5.41, 5.74) is 6.01. The zero-order chi connectivity index (χ0) is 12.0. The minimum absolute atomic E-state index is 0.0745. The molecule has 0 aliphatic heterocycles. The minimum atomic E-state index is -0.0745. The predicted octanol–water partition coefficient (Wildman–Crippen LogP) is 2.48. The maximum atomic E-state index is 6.08. The number of rotatable bonds is 4. The van der Waals surface area contributed by atoms with Gasteiger partial charge in [-0.25, -0.2) is 0 Å². The molecule has 2 unspecified atom stereocenters. The molecule has 1 aliphatic carbocycles. The van der Waals surface area contributed by atoms with E-state index in [0.717, 1.165) is 12.8 Å². The highest BCUT2D eigenvalue weighted by atomic mass is 16.5. The second-order valence-corrected chi connectivity index (χ2v) is 5.67. The van der Waals surface area contributed by atoms with Gasteiger partial charge >= 0.3 is 0 Å². The second kappa shape index (κ2) is 6.58. The first-order valence-electron chi connectivity index (χ1n) is 6.50. The van der Waals surface area contributed by atoms with Crippen LogP contribution in [0.3, 0.4) is 0 Å². The highest BCUT2D eigenvalue weighted by Crippen LogP contribution is 2.19. The molecule has 16 heavy (non-hydrogen) atoms. The smallest absolute Gasteiger partial charge is 0.0727 e. The van der Waals surface area contributed by atoms with Gasteiger partial charge in [-0.3, -0.25) is 0 Å². The van der Waals surface area contributed by atoms with Crippen LogP contribution in [-0.4, -0.2) is 31.0 Å². The van der Waals surface area contributed by atoms with Crippen LogP contribution < -0.4 is 5.73 Å². The Hall–Kier alpha value is -0.120. The maximum absolute atomic E-state index is 6.08. The summed E-state index contributed by atoms with van der Waals surface area (Å²) in [5, 5.41) is 0. The monoisotopic (exact) mass is 229 g/mol. The van der Waals surface area contributed by atoms with E-state index in [1.54, 1.807) is 0 Å². The lowest BCUT2D eigenvalue weighted by molar-refractivity contribution is -0.0569. The summed E-state index contributed by atoms with van der Waals surface area (Å²) >= 11 is 0. The van der Waals surface area contributed by atoms with Crippen molar-refractivity contribution in [3.63, 3.8) is 0 Å². The van der Waals surface area contributed by atoms with E-state index in [0.29, 0.717) is 13.2 Å². The van der Waals surface area contributed by atoms with E-state index in [-0.39, 0.29) is 17.7 Å². The molecule has 2 atom stereocenters. The Kier molecular flexibility index (Phi) is 5.73. The van der Waals surface area contributed by atoms with Crippen LogP contribution in [0.5, 0.6) is 0 Å². The van der Waals surface area contributed by atoms with Crippen molar-refractivity contribution in [2.75, 3.05) is 13.2 Å². The van der Waals surface area contributed by atoms with Crippen molar-refractivity contribution in [1.82, 2.24) is 0 Å². The van der Waals surface area contributed by atoms with Crippen LogP contribution in [0.2, 0.25) is 0 Å². The molecule has 1 rings (SSSR count). The van der Waals surface area contributed by atoms with Gasteiger partial charge in [0, 0.05) is 6.04 Å². The Morgan fingerprint density at radius 2 is 1.75 bits per heavy atom. The molecule has 2 N–H and O–H groups in total. The first kappa shape index (κ1) is 13.9. The third-order valence-electron chi connectivity index (χ3n) is 2.95. The van der Waals surface area contributed by atoms with E-state index >= 15 is 0 Å². The van der Waals surface area contributed by atoms with Gasteiger partial charge in [0.05, 0.1) is 24.9 Å². The molecule has 0 spiro atoms. The normalized spacial score (nSPS) is 27.8. The van der Waals surface area contributed by atoms with Crippen LogP contribution in [0.4, 0.5) is 0 Å². The summed E-state index contributed by atoms with van der Waals surface area (Å²) in [4.78, 5) is 0. The fraction of sp³-hybridized carbons (Fsp3) is 1.00. The average molecular weight is 229 g/mol. The zero-order valence-electron chi connectivity index (χ0n) is 11.0. The van der Waals surface area contributed by atoms with Crippen molar-refractivity contribution in [2.45, 2.75) is 70.6 Å². The molecule has 0 saturated heterocycles. The van der Waals surface area contributed by atoms with Crippen LogP contribution in [0, 0.1) is 0 Å². The molecule has 1 fully saturated rings. The van der Waals surface area contributed by atoms with Crippen molar-refractivity contribution in [2.24, 2.45) is 5.73 Å². The second-order valence-electron chi connectivity index (χ2n) is 5.67. The molecule has 0 amide bonds. The largest absolute Gasteiger partial charge is 0.374 e. The lowest BCUT2D eigenvalue weighted by Crippen LogP contribution is -2.36. The van der Waals surface area contributed by atoms with Gasteiger partial charge in [-0.05, 0) is 33.6 Å². The quantitative estimate of drug-likeness (QED) is 0.595. The molecule has 1 aliphatic rings. The zero-order valence-corrected chi connectivity index (χ0v) is 11.0. The van der Waals surface area contributed by atoms with Crippen LogP contribution in [0.25, 0.3) is 0 Å². The molecule has 0 aromatic rings. The molecule has 3 heteroatoms. The van der Waals surface area contributed by atoms with Crippen LogP contribution >= 0.6 is 0 Å². The highest BCUT2D eigenvalue weighted by molar-refractivity contribution is 4.76. The van der Waals surface area contributed by atoms with E-state index in [9.17, 15) is 0 Å². The third kappa shape index (κ3) is 5.83. The topological polar surface area (TPSA) is 44.5 Å². The average Bonchev–Trinajstić information content (AvgIpc) is 2.37. The van der Waals surface area contributed by atoms with Crippen molar-refractivity contribution in [3.8, 4) is 0 Å². The summed E-state index contributed by atoms with van der Waals surface area (Å²) in [6, 6.07) is 0.220. The van der Waals surface area contributed by atoms with Crippen molar-refractivity contribution < 1.29 is 9.47 Å². The predicted molar refractivity (Wildman–Crippen MR) is 66.5 cm³/mol. The summed E-state index contributed by atoms with van der Waals surface area (Å²) in [5.74, 6) is 0. The van der Waals surface area contributed by atoms with Gasteiger partial charge in [0.2, 0.25) is 0 Å². The van der Waals surface area contributed by atoms with E-state index in [1.165, 1.54) is 19.3 Å². The van der Waals surface area contributed by atoms with E-state index in [1.807, 2.05) is 0 Å². The summed E-state index contributed by atoms with van der Waals surface area (Å²) in [6.07, 6.45) is 6.25. The lowest BCUT2D eigenvalue weighted by atomic mass is 10.1. The van der Waals surface area contributed by atoms with Gasteiger partial charge < -0.3 is 15.2 Å². The van der Waals surface area contributed by atoms with E-state index in [2.05, 4.69) is 20.8 Å². The molecule has 0 radical (unpaired) electrons. The molecule has 0 heterocycles. The SMILES string of the molecule is CC(C)(C)OCCOC1CCCCCC1N. The lowest BCUT2D eigenvalue weighted by Gasteiger charge is -2.24. The van der Waals surface area contributed by atoms with Gasteiger partial charge in [-0.2, -0.15) is 0 Å². The van der Waals surface area contributed by atoms with Gasteiger partial charge in [-0.1, -0.05) is 19.3 Å². The Labute approximate surface area is 99.7 Å². The molecule has 96 valence electrons. The highest BCUT2D eigenvalue weighted by Gasteiger charge is 2.20. The Bertz CT molecular complexity index is 189. The summed E-state index contributed by atoms with van der Waals surface area (Å²) < 4.78 is 11.4. The molecule has 3 nitrogen and oxygen atoms in total. The minimum Gasteiger partial charge on any atom is -0.374 e. The summed E-state index contributed by atoms with van der Waals surface area (Å²) in [7, 11) is 0. The number of hydrogen-bond donors (Lipinski definition) is 1. The van der Waals surface area contributed by atoms with Gasteiger partial charge in [0.1, 0.15) is 0 Å². The third-order valence-corrected chi connectivity index (χ3v) is 2.95. The Morgan fingerprint density at radius 3 is 2.44 bits per heavy atom. The fourth-order valence-electron chi connectivity index (χ4n) is 2.06. The Balaban J connectivity index is 2.15. The molecule has 0 bridgehead atoms. The van der Waals surface area contributed by atoms with Crippen LogP contribution in [0.1, 0.15) is 52.9 Å². The maximum Gasteiger partial charge on any atom is 0.0727 e. The van der Waals surface area contributed by atoms with Crippen molar-refractivity contribution in [3.05, 3.63) is 0 Å². The van der Waals surface area contributed by atoms with E-state index < -0.39 is 0 Å². The Morgan fingerprint density at radius 1 is 1.06 bits per heavy atom. The van der Waals surface area contributed by atoms with Crippen molar-refractivity contribution in [1.29, 1.82) is 0 Å². The number of ether oxygens (including phenoxy) is 2.